The highest BCUT2D eigenvalue weighted by Crippen LogP contribution is 2.11. The van der Waals surface area contributed by atoms with Crippen molar-refractivity contribution in [3.63, 3.8) is 0 Å². The molecule has 0 amide bonds. The van der Waals surface area contributed by atoms with Crippen molar-refractivity contribution in [1.29, 1.82) is 0 Å². The second kappa shape index (κ2) is 5.71. The molecule has 0 bridgehead atoms. The fourth-order valence-corrected chi connectivity index (χ4v) is 1.15. The molecular formula is C12H13NO2. The third-order valence-corrected chi connectivity index (χ3v) is 1.77. The Bertz CT molecular complexity index is 379. The van der Waals surface area contributed by atoms with Gasteiger partial charge in [-0.25, -0.2) is 4.79 Å². The number of carbonyl (C=O) groups is 1. The number of ether oxygens (including phenoxy) is 1. The van der Waals surface area contributed by atoms with Crippen molar-refractivity contribution in [2.75, 3.05) is 18.5 Å². The van der Waals surface area contributed by atoms with Crippen LogP contribution < -0.4 is 5.32 Å². The highest BCUT2D eigenvalue weighted by Gasteiger charge is 2.06. The topological polar surface area (TPSA) is 38.3 Å². The summed E-state index contributed by atoms with van der Waals surface area (Å²) in [7, 11) is 0. The van der Waals surface area contributed by atoms with Crippen LogP contribution in [0.3, 0.4) is 0 Å². The molecule has 3 nitrogen and oxygen atoms in total. The van der Waals surface area contributed by atoms with Crippen LogP contribution in [0.5, 0.6) is 0 Å². The molecule has 0 spiro atoms. The van der Waals surface area contributed by atoms with Crippen LogP contribution in [-0.4, -0.2) is 19.1 Å². The van der Waals surface area contributed by atoms with Gasteiger partial charge in [-0.2, -0.15) is 0 Å². The third-order valence-electron chi connectivity index (χ3n) is 1.77. The van der Waals surface area contributed by atoms with Gasteiger partial charge >= 0.3 is 5.97 Å². The minimum atomic E-state index is -0.396. The molecule has 3 heteroatoms. The first-order valence-corrected chi connectivity index (χ1v) is 4.72. The van der Waals surface area contributed by atoms with Gasteiger partial charge in [0.1, 0.15) is 0 Å². The van der Waals surface area contributed by atoms with Crippen molar-refractivity contribution in [1.82, 2.24) is 0 Å². The van der Waals surface area contributed by atoms with Gasteiger partial charge in [0.15, 0.2) is 6.61 Å². The Morgan fingerprint density at radius 1 is 1.60 bits per heavy atom. The van der Waals surface area contributed by atoms with E-state index in [1.54, 1.807) is 18.2 Å². The van der Waals surface area contributed by atoms with Gasteiger partial charge in [0.05, 0.1) is 5.56 Å². The summed E-state index contributed by atoms with van der Waals surface area (Å²) in [5.74, 6) is 1.85. The van der Waals surface area contributed by atoms with E-state index in [0.717, 1.165) is 12.2 Å². The molecule has 78 valence electrons. The Morgan fingerprint density at radius 3 is 3.07 bits per heavy atom. The lowest BCUT2D eigenvalue weighted by Crippen LogP contribution is -2.06. The lowest BCUT2D eigenvalue weighted by Gasteiger charge is -2.05. The van der Waals surface area contributed by atoms with Gasteiger partial charge in [0.2, 0.25) is 0 Å². The lowest BCUT2D eigenvalue weighted by molar-refractivity contribution is 0.0557. The Balaban J connectivity index is 2.72. The van der Waals surface area contributed by atoms with Crippen LogP contribution in [-0.2, 0) is 4.74 Å². The van der Waals surface area contributed by atoms with E-state index < -0.39 is 5.97 Å². The molecular weight excluding hydrogens is 190 g/mol. The first-order valence-electron chi connectivity index (χ1n) is 4.72. The Kier molecular flexibility index (Phi) is 4.24. The Labute approximate surface area is 89.4 Å². The zero-order chi connectivity index (χ0) is 11.1. The molecule has 0 saturated heterocycles. The third kappa shape index (κ3) is 3.35. The number of nitrogens with one attached hydrogen (secondary N) is 1. The number of anilines is 1. The SMILES string of the molecule is C#CCOC(=O)c1cccc(NCC)c1. The zero-order valence-electron chi connectivity index (χ0n) is 8.62. The van der Waals surface area contributed by atoms with E-state index in [1.165, 1.54) is 0 Å². The van der Waals surface area contributed by atoms with Gasteiger partial charge in [0, 0.05) is 12.2 Å². The summed E-state index contributed by atoms with van der Waals surface area (Å²) in [6.07, 6.45) is 4.99. The Morgan fingerprint density at radius 2 is 2.40 bits per heavy atom. The predicted molar refractivity (Wildman–Crippen MR) is 59.7 cm³/mol. The van der Waals surface area contributed by atoms with Crippen molar-refractivity contribution in [3.8, 4) is 12.3 Å². The maximum absolute atomic E-state index is 11.4. The fourth-order valence-electron chi connectivity index (χ4n) is 1.15. The van der Waals surface area contributed by atoms with E-state index in [1.807, 2.05) is 13.0 Å². The summed E-state index contributed by atoms with van der Waals surface area (Å²) >= 11 is 0. The number of esters is 1. The maximum atomic E-state index is 11.4. The second-order valence-electron chi connectivity index (χ2n) is 2.89. The lowest BCUT2D eigenvalue weighted by atomic mass is 10.2. The minimum absolute atomic E-state index is 0.00423. The number of terminal acetylenes is 1. The van der Waals surface area contributed by atoms with Crippen molar-refractivity contribution in [2.24, 2.45) is 0 Å². The largest absolute Gasteiger partial charge is 0.449 e. The van der Waals surface area contributed by atoms with E-state index in [0.29, 0.717) is 5.56 Å². The van der Waals surface area contributed by atoms with Gasteiger partial charge in [-0.3, -0.25) is 0 Å². The molecule has 0 aliphatic carbocycles. The van der Waals surface area contributed by atoms with Crippen molar-refractivity contribution >= 4 is 11.7 Å². The summed E-state index contributed by atoms with van der Waals surface area (Å²) in [6, 6.07) is 7.12. The van der Waals surface area contributed by atoms with Crippen LogP contribution in [0.15, 0.2) is 24.3 Å². The van der Waals surface area contributed by atoms with Crippen LogP contribution in [0, 0.1) is 12.3 Å². The summed E-state index contributed by atoms with van der Waals surface area (Å²) in [5, 5.41) is 3.11. The quantitative estimate of drug-likeness (QED) is 0.600. The molecule has 0 saturated carbocycles. The maximum Gasteiger partial charge on any atom is 0.339 e. The normalized spacial score (nSPS) is 9.07. The predicted octanol–water partition coefficient (Wildman–Crippen LogP) is 1.91. The molecule has 0 unspecified atom stereocenters. The molecule has 0 heterocycles. The molecule has 0 fully saturated rings. The second-order valence-corrected chi connectivity index (χ2v) is 2.89. The number of carbonyl (C=O) groups excluding carboxylic acids is 1. The van der Waals surface area contributed by atoms with Crippen molar-refractivity contribution in [3.05, 3.63) is 29.8 Å². The van der Waals surface area contributed by atoms with Crippen LogP contribution in [0.4, 0.5) is 5.69 Å². The molecule has 1 aromatic carbocycles. The highest BCUT2D eigenvalue weighted by molar-refractivity contribution is 5.90. The molecule has 0 atom stereocenters. The average molecular weight is 203 g/mol. The molecule has 0 aromatic heterocycles. The standard InChI is InChI=1S/C12H13NO2/c1-3-8-15-12(14)10-6-5-7-11(9-10)13-4-2/h1,5-7,9,13H,4,8H2,2H3. The van der Waals surface area contributed by atoms with Gasteiger partial charge in [-0.1, -0.05) is 12.0 Å². The van der Waals surface area contributed by atoms with Crippen LogP contribution in [0.25, 0.3) is 0 Å². The summed E-state index contributed by atoms with van der Waals surface area (Å²) in [6.45, 7) is 2.80. The number of benzene rings is 1. The van der Waals surface area contributed by atoms with E-state index >= 15 is 0 Å². The summed E-state index contributed by atoms with van der Waals surface area (Å²) in [4.78, 5) is 11.4. The van der Waals surface area contributed by atoms with E-state index in [-0.39, 0.29) is 6.61 Å². The molecule has 1 N–H and O–H groups in total. The van der Waals surface area contributed by atoms with Gasteiger partial charge in [-0.15, -0.1) is 6.42 Å². The molecule has 1 aromatic rings. The van der Waals surface area contributed by atoms with Gasteiger partial charge in [0.25, 0.3) is 0 Å². The molecule has 15 heavy (non-hydrogen) atoms. The first-order chi connectivity index (χ1) is 7.27. The van der Waals surface area contributed by atoms with E-state index in [2.05, 4.69) is 11.2 Å². The monoisotopic (exact) mass is 203 g/mol. The molecule has 1 rings (SSSR count). The Hall–Kier alpha value is -1.95. The summed E-state index contributed by atoms with van der Waals surface area (Å²) < 4.78 is 4.81. The average Bonchev–Trinajstić information content (AvgIpc) is 2.27. The van der Waals surface area contributed by atoms with Crippen molar-refractivity contribution in [2.45, 2.75) is 6.92 Å². The number of hydrogen-bond donors (Lipinski definition) is 1. The summed E-state index contributed by atoms with van der Waals surface area (Å²) in [5.41, 5.74) is 1.40. The molecule has 0 radical (unpaired) electrons. The number of hydrogen-bond acceptors (Lipinski definition) is 3. The highest BCUT2D eigenvalue weighted by atomic mass is 16.5. The molecule has 0 aliphatic rings. The smallest absolute Gasteiger partial charge is 0.339 e. The van der Waals surface area contributed by atoms with Crippen LogP contribution in [0.2, 0.25) is 0 Å². The van der Waals surface area contributed by atoms with Crippen LogP contribution >= 0.6 is 0 Å². The fraction of sp³-hybridized carbons (Fsp3) is 0.250. The number of rotatable bonds is 4. The van der Waals surface area contributed by atoms with Crippen LogP contribution in [0.1, 0.15) is 17.3 Å². The molecule has 0 aliphatic heterocycles. The zero-order valence-corrected chi connectivity index (χ0v) is 8.62. The van der Waals surface area contributed by atoms with Gasteiger partial charge in [-0.05, 0) is 25.1 Å². The minimum Gasteiger partial charge on any atom is -0.449 e. The first kappa shape index (κ1) is 11.1. The van der Waals surface area contributed by atoms with E-state index in [4.69, 9.17) is 11.2 Å². The van der Waals surface area contributed by atoms with Gasteiger partial charge < -0.3 is 10.1 Å². The van der Waals surface area contributed by atoms with Crippen molar-refractivity contribution < 1.29 is 9.53 Å². The van der Waals surface area contributed by atoms with E-state index in [9.17, 15) is 4.79 Å².